The van der Waals surface area contributed by atoms with Crippen LogP contribution in [-0.2, 0) is 6.42 Å². The molecule has 2 aromatic rings. The molecule has 0 aliphatic heterocycles. The van der Waals surface area contributed by atoms with Crippen LogP contribution in [0.25, 0.3) is 16.2 Å². The van der Waals surface area contributed by atoms with E-state index < -0.39 is 0 Å². The summed E-state index contributed by atoms with van der Waals surface area (Å²) in [6.07, 6.45) is 2.87. The summed E-state index contributed by atoms with van der Waals surface area (Å²) in [6, 6.07) is 6.35. The highest BCUT2D eigenvalue weighted by atomic mass is 32.1. The summed E-state index contributed by atoms with van der Waals surface area (Å²) in [5.41, 5.74) is 2.37. The van der Waals surface area contributed by atoms with E-state index in [1.54, 1.807) is 11.5 Å². The molecule has 0 atom stereocenters. The standard InChI is InChI=1S/C11H11NS/c1-3-8-5-6-11-9(7-8)10(4-2)12-13-11/h3,5-7H,1,4H2,2H3. The highest BCUT2D eigenvalue weighted by molar-refractivity contribution is 7.13. The monoisotopic (exact) mass is 189 g/mol. The molecule has 0 saturated carbocycles. The first-order valence-corrected chi connectivity index (χ1v) is 5.13. The van der Waals surface area contributed by atoms with Crippen LogP contribution in [0, 0.1) is 0 Å². The fourth-order valence-electron chi connectivity index (χ4n) is 1.39. The minimum absolute atomic E-state index is 1.00. The van der Waals surface area contributed by atoms with Crippen molar-refractivity contribution in [2.45, 2.75) is 13.3 Å². The second kappa shape index (κ2) is 3.30. The fraction of sp³-hybridized carbons (Fsp3) is 0.182. The first-order valence-electron chi connectivity index (χ1n) is 4.36. The van der Waals surface area contributed by atoms with Crippen LogP contribution >= 0.6 is 11.5 Å². The molecule has 0 fully saturated rings. The predicted molar refractivity (Wildman–Crippen MR) is 59.1 cm³/mol. The quantitative estimate of drug-likeness (QED) is 0.704. The Morgan fingerprint density at radius 3 is 3.08 bits per heavy atom. The van der Waals surface area contributed by atoms with Crippen LogP contribution in [0.4, 0.5) is 0 Å². The Morgan fingerprint density at radius 1 is 1.54 bits per heavy atom. The molecule has 1 aromatic carbocycles. The molecule has 0 aliphatic carbocycles. The zero-order valence-corrected chi connectivity index (χ0v) is 8.40. The summed E-state index contributed by atoms with van der Waals surface area (Å²) in [7, 11) is 0. The number of aromatic nitrogens is 1. The van der Waals surface area contributed by atoms with E-state index in [4.69, 9.17) is 0 Å². The smallest absolute Gasteiger partial charge is 0.0618 e. The zero-order valence-electron chi connectivity index (χ0n) is 7.58. The van der Waals surface area contributed by atoms with Crippen molar-refractivity contribution in [2.75, 3.05) is 0 Å². The summed E-state index contributed by atoms with van der Waals surface area (Å²) in [5.74, 6) is 0. The Morgan fingerprint density at radius 2 is 2.38 bits per heavy atom. The van der Waals surface area contributed by atoms with Gasteiger partial charge in [0.25, 0.3) is 0 Å². The Hall–Kier alpha value is -1.15. The number of nitrogens with zero attached hydrogens (tertiary/aromatic N) is 1. The van der Waals surface area contributed by atoms with Gasteiger partial charge in [0, 0.05) is 5.39 Å². The molecule has 0 saturated heterocycles. The molecule has 0 unspecified atom stereocenters. The maximum atomic E-state index is 4.40. The van der Waals surface area contributed by atoms with E-state index in [0.29, 0.717) is 0 Å². The lowest BCUT2D eigenvalue weighted by Gasteiger charge is -1.94. The molecule has 0 aliphatic rings. The van der Waals surface area contributed by atoms with Gasteiger partial charge in [0.1, 0.15) is 0 Å². The molecule has 0 spiro atoms. The van der Waals surface area contributed by atoms with Crippen LogP contribution in [0.15, 0.2) is 24.8 Å². The third-order valence-electron chi connectivity index (χ3n) is 2.14. The Bertz CT molecular complexity index is 442. The highest BCUT2D eigenvalue weighted by Crippen LogP contribution is 2.24. The number of benzene rings is 1. The Kier molecular flexibility index (Phi) is 2.15. The van der Waals surface area contributed by atoms with Gasteiger partial charge in [0.05, 0.1) is 10.4 Å². The van der Waals surface area contributed by atoms with E-state index in [1.807, 2.05) is 6.08 Å². The fourth-order valence-corrected chi connectivity index (χ4v) is 2.23. The van der Waals surface area contributed by atoms with E-state index in [-0.39, 0.29) is 0 Å². The van der Waals surface area contributed by atoms with Gasteiger partial charge < -0.3 is 0 Å². The second-order valence-corrected chi connectivity index (χ2v) is 3.75. The average molecular weight is 189 g/mol. The molecule has 1 aromatic heterocycles. The average Bonchev–Trinajstić information content (AvgIpc) is 2.59. The number of hydrogen-bond donors (Lipinski definition) is 0. The lowest BCUT2D eigenvalue weighted by atomic mass is 10.1. The molecule has 1 nitrogen and oxygen atoms in total. The molecule has 0 N–H and O–H groups in total. The molecule has 1 heterocycles. The summed E-state index contributed by atoms with van der Waals surface area (Å²) >= 11 is 1.57. The minimum Gasteiger partial charge on any atom is -0.196 e. The van der Waals surface area contributed by atoms with Crippen molar-refractivity contribution < 1.29 is 0 Å². The van der Waals surface area contributed by atoms with Gasteiger partial charge in [-0.2, -0.15) is 4.37 Å². The van der Waals surface area contributed by atoms with Crippen LogP contribution in [0.3, 0.4) is 0 Å². The molecule has 2 rings (SSSR count). The van der Waals surface area contributed by atoms with Crippen molar-refractivity contribution in [3.63, 3.8) is 0 Å². The summed E-state index contributed by atoms with van der Waals surface area (Å²) < 4.78 is 5.66. The summed E-state index contributed by atoms with van der Waals surface area (Å²) in [5, 5.41) is 1.28. The van der Waals surface area contributed by atoms with Crippen LogP contribution in [0.2, 0.25) is 0 Å². The van der Waals surface area contributed by atoms with Crippen molar-refractivity contribution >= 4 is 27.7 Å². The topological polar surface area (TPSA) is 12.9 Å². The first-order chi connectivity index (χ1) is 6.35. The van der Waals surface area contributed by atoms with Crippen molar-refractivity contribution in [1.29, 1.82) is 0 Å². The van der Waals surface area contributed by atoms with Crippen molar-refractivity contribution in [3.05, 3.63) is 36.0 Å². The number of aryl methyl sites for hydroxylation is 1. The number of hydrogen-bond acceptors (Lipinski definition) is 2. The Labute approximate surface area is 81.9 Å². The summed E-state index contributed by atoms with van der Waals surface area (Å²) in [4.78, 5) is 0. The van der Waals surface area contributed by atoms with E-state index in [9.17, 15) is 0 Å². The summed E-state index contributed by atoms with van der Waals surface area (Å²) in [6.45, 7) is 5.89. The highest BCUT2D eigenvalue weighted by Gasteiger charge is 2.03. The second-order valence-electron chi connectivity index (χ2n) is 2.94. The molecule has 0 amide bonds. The number of rotatable bonds is 2. The molecular weight excluding hydrogens is 178 g/mol. The predicted octanol–water partition coefficient (Wildman–Crippen LogP) is 3.50. The maximum Gasteiger partial charge on any atom is 0.0618 e. The lowest BCUT2D eigenvalue weighted by molar-refractivity contribution is 1.10. The van der Waals surface area contributed by atoms with Crippen molar-refractivity contribution in [3.8, 4) is 0 Å². The SMILES string of the molecule is C=Cc1ccc2snc(CC)c2c1. The molecule has 2 heteroatoms. The van der Waals surface area contributed by atoms with Gasteiger partial charge in [-0.25, -0.2) is 0 Å². The molecule has 0 bridgehead atoms. The normalized spacial score (nSPS) is 10.5. The van der Waals surface area contributed by atoms with Crippen LogP contribution < -0.4 is 0 Å². The zero-order chi connectivity index (χ0) is 9.26. The molecule has 0 radical (unpaired) electrons. The van der Waals surface area contributed by atoms with Crippen molar-refractivity contribution in [2.24, 2.45) is 0 Å². The van der Waals surface area contributed by atoms with Crippen LogP contribution in [0.1, 0.15) is 18.2 Å². The number of fused-ring (bicyclic) bond motifs is 1. The van der Waals surface area contributed by atoms with Gasteiger partial charge in [-0.15, -0.1) is 0 Å². The van der Waals surface area contributed by atoms with Crippen LogP contribution in [0.5, 0.6) is 0 Å². The van der Waals surface area contributed by atoms with E-state index in [2.05, 4.69) is 36.1 Å². The van der Waals surface area contributed by atoms with Gasteiger partial charge in [-0.05, 0) is 35.6 Å². The van der Waals surface area contributed by atoms with Gasteiger partial charge in [-0.3, -0.25) is 0 Å². The van der Waals surface area contributed by atoms with Crippen molar-refractivity contribution in [1.82, 2.24) is 4.37 Å². The molecule has 13 heavy (non-hydrogen) atoms. The van der Waals surface area contributed by atoms with E-state index in [1.165, 1.54) is 21.3 Å². The third kappa shape index (κ3) is 1.38. The largest absolute Gasteiger partial charge is 0.196 e. The van der Waals surface area contributed by atoms with Gasteiger partial charge in [-0.1, -0.05) is 25.6 Å². The molecular formula is C11H11NS. The van der Waals surface area contributed by atoms with Crippen LogP contribution in [-0.4, -0.2) is 4.37 Å². The van der Waals surface area contributed by atoms with Gasteiger partial charge >= 0.3 is 0 Å². The lowest BCUT2D eigenvalue weighted by Crippen LogP contribution is -1.79. The Balaban J connectivity index is 2.71. The van der Waals surface area contributed by atoms with Gasteiger partial charge in [0.2, 0.25) is 0 Å². The minimum atomic E-state index is 1.00. The van der Waals surface area contributed by atoms with Gasteiger partial charge in [0.15, 0.2) is 0 Å². The third-order valence-corrected chi connectivity index (χ3v) is 3.00. The van der Waals surface area contributed by atoms with E-state index >= 15 is 0 Å². The maximum absolute atomic E-state index is 4.40. The van der Waals surface area contributed by atoms with E-state index in [0.717, 1.165) is 6.42 Å². The molecule has 66 valence electrons. The first kappa shape index (κ1) is 8.45.